The fourth-order valence-corrected chi connectivity index (χ4v) is 3.64. The Morgan fingerprint density at radius 1 is 1.10 bits per heavy atom. The van der Waals surface area contributed by atoms with E-state index in [2.05, 4.69) is 17.1 Å². The van der Waals surface area contributed by atoms with Gasteiger partial charge in [-0.05, 0) is 25.8 Å². The molecule has 2 aliphatic rings. The molecule has 0 spiro atoms. The first kappa shape index (κ1) is 15.8. The van der Waals surface area contributed by atoms with Gasteiger partial charge in [0.15, 0.2) is 0 Å². The van der Waals surface area contributed by atoms with Crippen molar-refractivity contribution in [2.75, 3.05) is 19.6 Å². The van der Waals surface area contributed by atoms with Crippen LogP contribution in [0.1, 0.15) is 71.1 Å². The molecule has 2 rings (SSSR count). The third-order valence-corrected chi connectivity index (χ3v) is 4.91. The Kier molecular flexibility index (Phi) is 6.85. The summed E-state index contributed by atoms with van der Waals surface area (Å²) in [7, 11) is 0. The van der Waals surface area contributed by atoms with E-state index in [0.29, 0.717) is 11.9 Å². The summed E-state index contributed by atoms with van der Waals surface area (Å²) in [6, 6.07) is 0.449. The van der Waals surface area contributed by atoms with Crippen LogP contribution in [0.15, 0.2) is 0 Å². The highest BCUT2D eigenvalue weighted by atomic mass is 16.2. The third kappa shape index (κ3) is 4.47. The lowest BCUT2D eigenvalue weighted by molar-refractivity contribution is -0.131. The molecule has 116 valence electrons. The number of unbranched alkanes of at least 4 members (excludes halogenated alkanes) is 7. The van der Waals surface area contributed by atoms with Crippen LogP contribution in [0.3, 0.4) is 0 Å². The topological polar surface area (TPSA) is 32.3 Å². The van der Waals surface area contributed by atoms with Crippen molar-refractivity contribution in [1.29, 1.82) is 0 Å². The minimum absolute atomic E-state index is 0.290. The Balaban J connectivity index is 1.53. The zero-order chi connectivity index (χ0) is 14.2. The number of hydrogen-bond acceptors (Lipinski definition) is 2. The molecule has 2 saturated heterocycles. The Labute approximate surface area is 124 Å². The van der Waals surface area contributed by atoms with Crippen molar-refractivity contribution in [3.63, 3.8) is 0 Å². The second kappa shape index (κ2) is 8.66. The number of carbonyl (C=O) groups is 1. The van der Waals surface area contributed by atoms with Crippen LogP contribution in [0.25, 0.3) is 0 Å². The van der Waals surface area contributed by atoms with Crippen molar-refractivity contribution < 1.29 is 4.79 Å². The van der Waals surface area contributed by atoms with Gasteiger partial charge < -0.3 is 10.2 Å². The molecule has 2 unspecified atom stereocenters. The largest absolute Gasteiger partial charge is 0.341 e. The summed E-state index contributed by atoms with van der Waals surface area (Å²) in [6.45, 7) is 5.31. The van der Waals surface area contributed by atoms with E-state index in [1.807, 2.05) is 0 Å². The Bertz CT molecular complexity index is 293. The van der Waals surface area contributed by atoms with Gasteiger partial charge in [-0.3, -0.25) is 4.79 Å². The highest BCUT2D eigenvalue weighted by molar-refractivity contribution is 5.82. The van der Waals surface area contributed by atoms with Gasteiger partial charge in [0.05, 0.1) is 5.92 Å². The summed E-state index contributed by atoms with van der Waals surface area (Å²) in [6.07, 6.45) is 13.0. The summed E-state index contributed by atoms with van der Waals surface area (Å²) in [4.78, 5) is 14.4. The monoisotopic (exact) mass is 280 g/mol. The predicted molar refractivity (Wildman–Crippen MR) is 83.7 cm³/mol. The maximum atomic E-state index is 12.3. The van der Waals surface area contributed by atoms with Crippen molar-refractivity contribution in [3.05, 3.63) is 0 Å². The first-order chi connectivity index (χ1) is 9.83. The second-order valence-corrected chi connectivity index (χ2v) is 6.57. The Hall–Kier alpha value is -0.570. The second-order valence-electron chi connectivity index (χ2n) is 6.57. The van der Waals surface area contributed by atoms with E-state index < -0.39 is 0 Å². The number of piperidine rings is 1. The number of amides is 1. The lowest BCUT2D eigenvalue weighted by Gasteiger charge is -2.23. The fraction of sp³-hybridized carbons (Fsp3) is 0.941. The Morgan fingerprint density at radius 2 is 1.80 bits per heavy atom. The highest BCUT2D eigenvalue weighted by Crippen LogP contribution is 2.26. The van der Waals surface area contributed by atoms with Gasteiger partial charge in [0.25, 0.3) is 0 Å². The van der Waals surface area contributed by atoms with Crippen LogP contribution in [0.5, 0.6) is 0 Å². The molecule has 2 heterocycles. The molecule has 0 aromatic heterocycles. The van der Waals surface area contributed by atoms with Crippen LogP contribution in [0, 0.1) is 5.92 Å². The molecule has 0 saturated carbocycles. The highest BCUT2D eigenvalue weighted by Gasteiger charge is 2.40. The number of carbonyl (C=O) groups excluding carboxylic acids is 1. The SMILES string of the molecule is CCCCCCCCCCN1CC2NCCCC2C1=O. The molecule has 1 N–H and O–H groups in total. The van der Waals surface area contributed by atoms with Crippen molar-refractivity contribution >= 4 is 5.91 Å². The molecule has 2 atom stereocenters. The van der Waals surface area contributed by atoms with Gasteiger partial charge in [-0.25, -0.2) is 0 Å². The van der Waals surface area contributed by atoms with Crippen molar-refractivity contribution in [1.82, 2.24) is 10.2 Å². The quantitative estimate of drug-likeness (QED) is 0.657. The van der Waals surface area contributed by atoms with E-state index >= 15 is 0 Å². The first-order valence-corrected chi connectivity index (χ1v) is 8.85. The van der Waals surface area contributed by atoms with Crippen LogP contribution in [0.2, 0.25) is 0 Å². The normalized spacial score (nSPS) is 26.1. The number of nitrogens with zero attached hydrogens (tertiary/aromatic N) is 1. The maximum Gasteiger partial charge on any atom is 0.227 e. The van der Waals surface area contributed by atoms with Crippen molar-refractivity contribution in [2.45, 2.75) is 77.2 Å². The van der Waals surface area contributed by atoms with Crippen LogP contribution < -0.4 is 5.32 Å². The smallest absolute Gasteiger partial charge is 0.227 e. The van der Waals surface area contributed by atoms with E-state index in [1.165, 1.54) is 57.8 Å². The molecule has 0 bridgehead atoms. The molecule has 20 heavy (non-hydrogen) atoms. The van der Waals surface area contributed by atoms with Gasteiger partial charge in [-0.2, -0.15) is 0 Å². The Morgan fingerprint density at radius 3 is 2.50 bits per heavy atom. The van der Waals surface area contributed by atoms with E-state index in [0.717, 1.165) is 26.1 Å². The van der Waals surface area contributed by atoms with Gasteiger partial charge >= 0.3 is 0 Å². The lowest BCUT2D eigenvalue weighted by Crippen LogP contribution is -2.41. The molecule has 0 aliphatic carbocycles. The molecule has 0 aromatic carbocycles. The molecule has 2 aliphatic heterocycles. The molecule has 3 nitrogen and oxygen atoms in total. The van der Waals surface area contributed by atoms with E-state index in [9.17, 15) is 4.79 Å². The van der Waals surface area contributed by atoms with E-state index in [1.54, 1.807) is 0 Å². The van der Waals surface area contributed by atoms with Crippen LogP contribution in [0.4, 0.5) is 0 Å². The third-order valence-electron chi connectivity index (χ3n) is 4.91. The van der Waals surface area contributed by atoms with Gasteiger partial charge in [-0.15, -0.1) is 0 Å². The summed E-state index contributed by atoms with van der Waals surface area (Å²) in [5.74, 6) is 0.711. The van der Waals surface area contributed by atoms with Crippen LogP contribution >= 0.6 is 0 Å². The number of hydrogen-bond donors (Lipinski definition) is 1. The van der Waals surface area contributed by atoms with Gasteiger partial charge in [0.1, 0.15) is 0 Å². The summed E-state index contributed by atoms with van der Waals surface area (Å²) in [5.41, 5.74) is 0. The van der Waals surface area contributed by atoms with Crippen LogP contribution in [-0.2, 0) is 4.79 Å². The van der Waals surface area contributed by atoms with Crippen molar-refractivity contribution in [2.24, 2.45) is 5.92 Å². The van der Waals surface area contributed by atoms with Gasteiger partial charge in [0.2, 0.25) is 5.91 Å². The molecule has 3 heteroatoms. The molecule has 0 aromatic rings. The average Bonchev–Trinajstić information content (AvgIpc) is 2.79. The van der Waals surface area contributed by atoms with Crippen LogP contribution in [-0.4, -0.2) is 36.5 Å². The van der Waals surface area contributed by atoms with Gasteiger partial charge in [-0.1, -0.05) is 51.9 Å². The minimum atomic E-state index is 0.290. The summed E-state index contributed by atoms with van der Waals surface area (Å²) in [5, 5.41) is 3.51. The number of rotatable bonds is 9. The average molecular weight is 280 g/mol. The molecule has 2 fully saturated rings. The zero-order valence-corrected chi connectivity index (χ0v) is 13.2. The summed E-state index contributed by atoms with van der Waals surface area (Å²) < 4.78 is 0. The lowest BCUT2D eigenvalue weighted by atomic mass is 9.94. The maximum absolute atomic E-state index is 12.3. The minimum Gasteiger partial charge on any atom is -0.341 e. The molecular weight excluding hydrogens is 248 g/mol. The first-order valence-electron chi connectivity index (χ1n) is 8.85. The molecule has 0 radical (unpaired) electrons. The predicted octanol–water partition coefficient (Wildman–Crippen LogP) is 3.34. The number of nitrogens with one attached hydrogen (secondary N) is 1. The zero-order valence-electron chi connectivity index (χ0n) is 13.2. The molecule has 1 amide bonds. The van der Waals surface area contributed by atoms with Crippen molar-refractivity contribution in [3.8, 4) is 0 Å². The number of likely N-dealkylation sites (tertiary alicyclic amines) is 1. The molecular formula is C17H32N2O. The fourth-order valence-electron chi connectivity index (χ4n) is 3.64. The summed E-state index contributed by atoms with van der Waals surface area (Å²) >= 11 is 0. The van der Waals surface area contributed by atoms with Gasteiger partial charge in [0, 0.05) is 19.1 Å². The number of fused-ring (bicyclic) bond motifs is 1. The van der Waals surface area contributed by atoms with E-state index in [4.69, 9.17) is 0 Å². The standard InChI is InChI=1S/C17H32N2O/c1-2-3-4-5-6-7-8-9-13-19-14-16-15(17(19)20)11-10-12-18-16/h15-16,18H,2-14H2,1H3. The van der Waals surface area contributed by atoms with E-state index in [-0.39, 0.29) is 5.92 Å².